The molecule has 0 radical (unpaired) electrons. The van der Waals surface area contributed by atoms with Crippen molar-refractivity contribution in [3.05, 3.63) is 16.4 Å². The van der Waals surface area contributed by atoms with Crippen molar-refractivity contribution in [1.82, 2.24) is 14.7 Å². The van der Waals surface area contributed by atoms with E-state index in [0.29, 0.717) is 5.92 Å². The standard InChI is InChI=1S/C13H24BrN3O/c1-10(2)5-6-12(18)13-11(14)9-15-17(13)8-7-16(3)4/h9-10,12,18H,5-8H2,1-4H3. The summed E-state index contributed by atoms with van der Waals surface area (Å²) in [7, 11) is 4.07. The van der Waals surface area contributed by atoms with Crippen molar-refractivity contribution in [2.75, 3.05) is 20.6 Å². The quantitative estimate of drug-likeness (QED) is 0.840. The Kier molecular flexibility index (Phi) is 6.32. The molecule has 18 heavy (non-hydrogen) atoms. The van der Waals surface area contributed by atoms with Crippen LogP contribution in [0.5, 0.6) is 0 Å². The summed E-state index contributed by atoms with van der Waals surface area (Å²) in [6.07, 6.45) is 3.13. The minimum atomic E-state index is -0.438. The molecule has 5 heteroatoms. The third-order valence-corrected chi connectivity index (χ3v) is 3.54. The normalized spacial score (nSPS) is 13.6. The predicted molar refractivity (Wildman–Crippen MR) is 77.5 cm³/mol. The van der Waals surface area contributed by atoms with Gasteiger partial charge in [-0.1, -0.05) is 13.8 Å². The molecular weight excluding hydrogens is 294 g/mol. The fraction of sp³-hybridized carbons (Fsp3) is 0.769. The fourth-order valence-corrected chi connectivity index (χ4v) is 2.36. The van der Waals surface area contributed by atoms with Gasteiger partial charge < -0.3 is 10.0 Å². The zero-order valence-electron chi connectivity index (χ0n) is 11.7. The summed E-state index contributed by atoms with van der Waals surface area (Å²) in [5, 5.41) is 14.6. The second-order valence-electron chi connectivity index (χ2n) is 5.39. The highest BCUT2D eigenvalue weighted by Gasteiger charge is 2.18. The van der Waals surface area contributed by atoms with E-state index in [-0.39, 0.29) is 0 Å². The molecule has 4 nitrogen and oxygen atoms in total. The second-order valence-corrected chi connectivity index (χ2v) is 6.25. The summed E-state index contributed by atoms with van der Waals surface area (Å²) < 4.78 is 2.80. The maximum Gasteiger partial charge on any atom is 0.0968 e. The highest BCUT2D eigenvalue weighted by Crippen LogP contribution is 2.27. The lowest BCUT2D eigenvalue weighted by Crippen LogP contribution is -2.21. The minimum absolute atomic E-state index is 0.438. The van der Waals surface area contributed by atoms with E-state index in [9.17, 15) is 5.11 Å². The molecule has 0 spiro atoms. The van der Waals surface area contributed by atoms with Crippen LogP contribution in [-0.2, 0) is 6.54 Å². The van der Waals surface area contributed by atoms with Crippen LogP contribution in [0.15, 0.2) is 10.7 Å². The molecule has 1 aromatic heterocycles. The van der Waals surface area contributed by atoms with E-state index in [1.807, 2.05) is 18.8 Å². The molecule has 0 saturated carbocycles. The van der Waals surface area contributed by atoms with Crippen LogP contribution < -0.4 is 0 Å². The summed E-state index contributed by atoms with van der Waals surface area (Å²) in [5.41, 5.74) is 0.900. The van der Waals surface area contributed by atoms with Crippen LogP contribution in [0.25, 0.3) is 0 Å². The van der Waals surface area contributed by atoms with Gasteiger partial charge in [-0.25, -0.2) is 0 Å². The number of aromatic nitrogens is 2. The molecule has 0 fully saturated rings. The van der Waals surface area contributed by atoms with Crippen molar-refractivity contribution in [3.8, 4) is 0 Å². The lowest BCUT2D eigenvalue weighted by atomic mass is 10.0. The third kappa shape index (κ3) is 4.71. The number of halogens is 1. The Bertz CT molecular complexity index is 363. The van der Waals surface area contributed by atoms with Gasteiger partial charge in [0.1, 0.15) is 0 Å². The lowest BCUT2D eigenvalue weighted by molar-refractivity contribution is 0.146. The molecule has 0 aliphatic rings. The van der Waals surface area contributed by atoms with Gasteiger partial charge in [0.25, 0.3) is 0 Å². The van der Waals surface area contributed by atoms with Gasteiger partial charge in [0.2, 0.25) is 0 Å². The molecule has 1 N–H and O–H groups in total. The molecule has 1 heterocycles. The van der Waals surface area contributed by atoms with E-state index in [1.165, 1.54) is 0 Å². The molecule has 0 aliphatic carbocycles. The van der Waals surface area contributed by atoms with E-state index >= 15 is 0 Å². The van der Waals surface area contributed by atoms with E-state index in [4.69, 9.17) is 0 Å². The Morgan fingerprint density at radius 2 is 2.06 bits per heavy atom. The van der Waals surface area contributed by atoms with Crippen molar-refractivity contribution in [1.29, 1.82) is 0 Å². The summed E-state index contributed by atoms with van der Waals surface area (Å²) in [6, 6.07) is 0. The first kappa shape index (κ1) is 15.7. The highest BCUT2D eigenvalue weighted by atomic mass is 79.9. The first-order valence-electron chi connectivity index (χ1n) is 6.45. The van der Waals surface area contributed by atoms with E-state index in [2.05, 4.69) is 39.8 Å². The van der Waals surface area contributed by atoms with Gasteiger partial charge in [0.15, 0.2) is 0 Å². The Hall–Kier alpha value is -0.390. The molecule has 1 aromatic rings. The Morgan fingerprint density at radius 1 is 1.39 bits per heavy atom. The molecule has 1 atom stereocenters. The van der Waals surface area contributed by atoms with Gasteiger partial charge in [-0.05, 0) is 48.8 Å². The Balaban J connectivity index is 2.70. The van der Waals surface area contributed by atoms with Gasteiger partial charge in [-0.2, -0.15) is 5.10 Å². The van der Waals surface area contributed by atoms with Gasteiger partial charge in [0, 0.05) is 6.54 Å². The molecule has 0 bridgehead atoms. The summed E-state index contributed by atoms with van der Waals surface area (Å²) >= 11 is 3.47. The maximum atomic E-state index is 10.3. The van der Waals surface area contributed by atoms with Crippen molar-refractivity contribution >= 4 is 15.9 Å². The average Bonchev–Trinajstić information content (AvgIpc) is 2.64. The summed E-state index contributed by atoms with van der Waals surface area (Å²) in [5.74, 6) is 0.608. The average molecular weight is 318 g/mol. The number of nitrogens with zero attached hydrogens (tertiary/aromatic N) is 3. The largest absolute Gasteiger partial charge is 0.387 e. The van der Waals surface area contributed by atoms with Crippen LogP contribution in [0.4, 0.5) is 0 Å². The molecule has 0 aromatic carbocycles. The van der Waals surface area contributed by atoms with E-state index in [1.54, 1.807) is 6.20 Å². The van der Waals surface area contributed by atoms with Crippen LogP contribution in [0.1, 0.15) is 38.5 Å². The van der Waals surface area contributed by atoms with Crippen molar-refractivity contribution in [2.24, 2.45) is 5.92 Å². The van der Waals surface area contributed by atoms with E-state index < -0.39 is 6.10 Å². The smallest absolute Gasteiger partial charge is 0.0968 e. The van der Waals surface area contributed by atoms with Crippen LogP contribution in [0, 0.1) is 5.92 Å². The lowest BCUT2D eigenvalue weighted by Gasteiger charge is -2.16. The monoisotopic (exact) mass is 317 g/mol. The van der Waals surface area contributed by atoms with E-state index in [0.717, 1.165) is 36.1 Å². The van der Waals surface area contributed by atoms with Crippen molar-refractivity contribution < 1.29 is 5.11 Å². The fourth-order valence-electron chi connectivity index (χ4n) is 1.80. The van der Waals surface area contributed by atoms with Crippen LogP contribution in [0.3, 0.4) is 0 Å². The number of likely N-dealkylation sites (N-methyl/N-ethyl adjacent to an activating group) is 1. The molecule has 1 unspecified atom stereocenters. The maximum absolute atomic E-state index is 10.3. The number of aliphatic hydroxyl groups is 1. The van der Waals surface area contributed by atoms with Crippen LogP contribution in [0.2, 0.25) is 0 Å². The van der Waals surface area contributed by atoms with Gasteiger partial charge in [0.05, 0.1) is 29.0 Å². The molecule has 104 valence electrons. The minimum Gasteiger partial charge on any atom is -0.387 e. The second kappa shape index (κ2) is 7.26. The Labute approximate surface area is 118 Å². The number of hydrogen-bond acceptors (Lipinski definition) is 3. The highest BCUT2D eigenvalue weighted by molar-refractivity contribution is 9.10. The number of rotatable bonds is 7. The molecule has 1 rings (SSSR count). The number of hydrogen-bond donors (Lipinski definition) is 1. The molecular formula is C13H24BrN3O. The summed E-state index contributed by atoms with van der Waals surface area (Å²) in [4.78, 5) is 2.11. The molecule has 0 aliphatic heterocycles. The van der Waals surface area contributed by atoms with Crippen molar-refractivity contribution in [3.63, 3.8) is 0 Å². The van der Waals surface area contributed by atoms with Crippen LogP contribution >= 0.6 is 15.9 Å². The van der Waals surface area contributed by atoms with Gasteiger partial charge in [-0.3, -0.25) is 4.68 Å². The summed E-state index contributed by atoms with van der Waals surface area (Å²) in [6.45, 7) is 6.06. The first-order chi connectivity index (χ1) is 8.41. The molecule has 0 saturated heterocycles. The predicted octanol–water partition coefficient (Wildman–Crippen LogP) is 2.68. The zero-order chi connectivity index (χ0) is 13.7. The SMILES string of the molecule is CC(C)CCC(O)c1c(Br)cnn1CCN(C)C. The zero-order valence-corrected chi connectivity index (χ0v) is 13.3. The van der Waals surface area contributed by atoms with Gasteiger partial charge in [-0.15, -0.1) is 0 Å². The molecule has 0 amide bonds. The van der Waals surface area contributed by atoms with Crippen molar-refractivity contribution in [2.45, 2.75) is 39.3 Å². The van der Waals surface area contributed by atoms with Gasteiger partial charge >= 0.3 is 0 Å². The van der Waals surface area contributed by atoms with Crippen LogP contribution in [-0.4, -0.2) is 40.4 Å². The Morgan fingerprint density at radius 3 is 2.61 bits per heavy atom. The first-order valence-corrected chi connectivity index (χ1v) is 7.25. The number of aliphatic hydroxyl groups excluding tert-OH is 1. The third-order valence-electron chi connectivity index (χ3n) is 2.93. The topological polar surface area (TPSA) is 41.3 Å².